The standard InChI is InChI=1S/C15H15ClFN3O3S2.C9H9Cl2NO/c1-23-13(21)8-24-12-7-11(10(17)6-9(12)16)18-14-19-4-2-3-5-20(19)15(22)25-14;1-2-9(13)12-6-3-4-7(10)8(11)5-6/h6-7H,2-5,8H2,1H3;3-5H,2H2,1H3,(H,12,13). The van der Waals surface area contributed by atoms with E-state index in [2.05, 4.69) is 15.0 Å². The van der Waals surface area contributed by atoms with E-state index in [1.165, 1.54) is 13.2 Å². The number of hydrogen-bond acceptors (Lipinski definition) is 7. The molecule has 0 saturated heterocycles. The lowest BCUT2D eigenvalue weighted by Gasteiger charge is -2.15. The van der Waals surface area contributed by atoms with Crippen LogP contribution in [0.4, 0.5) is 15.8 Å². The van der Waals surface area contributed by atoms with E-state index < -0.39 is 11.8 Å². The third-order valence-corrected chi connectivity index (χ3v) is 8.27. The molecule has 8 nitrogen and oxygen atoms in total. The highest BCUT2D eigenvalue weighted by atomic mass is 35.5. The van der Waals surface area contributed by atoms with Crippen molar-refractivity contribution in [1.29, 1.82) is 0 Å². The molecule has 2 aromatic carbocycles. The number of esters is 1. The van der Waals surface area contributed by atoms with Crippen molar-refractivity contribution in [2.45, 2.75) is 44.2 Å². The van der Waals surface area contributed by atoms with Gasteiger partial charge in [0, 0.05) is 30.1 Å². The summed E-state index contributed by atoms with van der Waals surface area (Å²) in [5.41, 5.74) is 0.751. The molecule has 0 bridgehead atoms. The quantitative estimate of drug-likeness (QED) is 0.264. The van der Waals surface area contributed by atoms with E-state index in [9.17, 15) is 18.8 Å². The van der Waals surface area contributed by atoms with Gasteiger partial charge in [-0.1, -0.05) is 41.7 Å². The minimum absolute atomic E-state index is 0.0432. The average molecular weight is 622 g/mol. The maximum Gasteiger partial charge on any atom is 0.325 e. The highest BCUT2D eigenvalue weighted by molar-refractivity contribution is 8.00. The van der Waals surface area contributed by atoms with Crippen LogP contribution in [0.2, 0.25) is 15.1 Å². The summed E-state index contributed by atoms with van der Waals surface area (Å²) < 4.78 is 22.3. The van der Waals surface area contributed by atoms with Crippen LogP contribution in [0.3, 0.4) is 0 Å². The smallest absolute Gasteiger partial charge is 0.325 e. The van der Waals surface area contributed by atoms with Crippen LogP contribution in [0, 0.1) is 5.82 Å². The van der Waals surface area contributed by atoms with Crippen LogP contribution >= 0.6 is 57.9 Å². The number of rotatable bonds is 6. The molecule has 0 aliphatic carbocycles. The topological polar surface area (TPSA) is 94.7 Å². The zero-order chi connectivity index (χ0) is 27.8. The Hall–Kier alpha value is -2.31. The lowest BCUT2D eigenvalue weighted by Crippen LogP contribution is -2.31. The summed E-state index contributed by atoms with van der Waals surface area (Å²) in [7, 11) is 1.30. The van der Waals surface area contributed by atoms with E-state index >= 15 is 0 Å². The van der Waals surface area contributed by atoms with Crippen LogP contribution in [0.5, 0.6) is 0 Å². The van der Waals surface area contributed by atoms with Gasteiger partial charge in [0.25, 0.3) is 0 Å². The van der Waals surface area contributed by atoms with Gasteiger partial charge < -0.3 is 10.1 Å². The Morgan fingerprint density at radius 1 is 1.11 bits per heavy atom. The molecule has 1 amide bonds. The fourth-order valence-electron chi connectivity index (χ4n) is 3.25. The molecule has 1 aliphatic heterocycles. The van der Waals surface area contributed by atoms with Gasteiger partial charge in [0.15, 0.2) is 0 Å². The van der Waals surface area contributed by atoms with Crippen molar-refractivity contribution in [2.24, 2.45) is 4.99 Å². The van der Waals surface area contributed by atoms with E-state index in [0.29, 0.717) is 44.9 Å². The number of ether oxygens (including phenoxy) is 1. The van der Waals surface area contributed by atoms with Gasteiger partial charge in [-0.05, 0) is 54.5 Å². The van der Waals surface area contributed by atoms with Crippen molar-refractivity contribution in [2.75, 3.05) is 18.2 Å². The molecule has 4 rings (SSSR count). The van der Waals surface area contributed by atoms with Crippen LogP contribution in [0.15, 0.2) is 45.0 Å². The van der Waals surface area contributed by atoms with Crippen molar-refractivity contribution < 1.29 is 18.7 Å². The Balaban J connectivity index is 0.000000260. The lowest BCUT2D eigenvalue weighted by molar-refractivity contribution is -0.137. The SMILES string of the molecule is CCC(=O)Nc1ccc(Cl)c(Cl)c1.COC(=O)CSc1cc(N=c2sc(=O)n3n2CCCC3)c(F)cc1Cl. The maximum atomic E-state index is 14.3. The summed E-state index contributed by atoms with van der Waals surface area (Å²) in [4.78, 5) is 39.5. The predicted octanol–water partition coefficient (Wildman–Crippen LogP) is 6.14. The van der Waals surface area contributed by atoms with Crippen LogP contribution < -0.4 is 15.0 Å². The largest absolute Gasteiger partial charge is 0.468 e. The summed E-state index contributed by atoms with van der Waals surface area (Å²) in [5.74, 6) is -0.966. The van der Waals surface area contributed by atoms with Gasteiger partial charge in [-0.25, -0.2) is 14.1 Å². The van der Waals surface area contributed by atoms with Crippen LogP contribution in [0.1, 0.15) is 26.2 Å². The molecular weight excluding hydrogens is 598 g/mol. The minimum Gasteiger partial charge on any atom is -0.468 e. The Labute approximate surface area is 241 Å². The maximum absolute atomic E-state index is 14.3. The lowest BCUT2D eigenvalue weighted by atomic mass is 10.3. The number of aromatic nitrogens is 2. The Morgan fingerprint density at radius 2 is 1.82 bits per heavy atom. The normalized spacial score (nSPS) is 12.8. The first kappa shape index (κ1) is 30.2. The fraction of sp³-hybridized carbons (Fsp3) is 0.333. The van der Waals surface area contributed by atoms with Gasteiger partial charge >= 0.3 is 10.8 Å². The van der Waals surface area contributed by atoms with Crippen molar-refractivity contribution in [3.05, 3.63) is 65.7 Å². The zero-order valence-corrected chi connectivity index (χ0v) is 24.3. The van der Waals surface area contributed by atoms with E-state index in [1.54, 1.807) is 34.5 Å². The van der Waals surface area contributed by atoms with E-state index in [-0.39, 0.29) is 27.2 Å². The van der Waals surface area contributed by atoms with E-state index in [4.69, 9.17) is 34.8 Å². The molecule has 38 heavy (non-hydrogen) atoms. The van der Waals surface area contributed by atoms with E-state index in [0.717, 1.165) is 42.0 Å². The van der Waals surface area contributed by atoms with Crippen LogP contribution in [-0.4, -0.2) is 34.1 Å². The van der Waals surface area contributed by atoms with Gasteiger partial charge in [0.05, 0.1) is 27.9 Å². The summed E-state index contributed by atoms with van der Waals surface area (Å²) in [6, 6.07) is 7.63. The summed E-state index contributed by atoms with van der Waals surface area (Å²) in [6.45, 7) is 3.11. The molecule has 2 heterocycles. The van der Waals surface area contributed by atoms with Gasteiger partial charge in [0.1, 0.15) is 11.5 Å². The number of nitrogens with zero attached hydrogens (tertiary/aromatic N) is 3. The number of hydrogen-bond donors (Lipinski definition) is 1. The van der Waals surface area contributed by atoms with Crippen molar-refractivity contribution in [3.8, 4) is 0 Å². The first-order valence-electron chi connectivity index (χ1n) is 11.4. The number of fused-ring (bicyclic) bond motifs is 1. The number of anilines is 1. The third-order valence-electron chi connectivity index (χ3n) is 5.21. The van der Waals surface area contributed by atoms with Crippen molar-refractivity contribution >= 4 is 81.2 Å². The first-order chi connectivity index (χ1) is 18.1. The number of benzene rings is 2. The van der Waals surface area contributed by atoms with Gasteiger partial charge in [0.2, 0.25) is 10.7 Å². The second-order valence-electron chi connectivity index (χ2n) is 7.85. The number of nitrogens with one attached hydrogen (secondary N) is 1. The Bertz CT molecular complexity index is 1460. The molecule has 0 unspecified atom stereocenters. The molecule has 3 aromatic rings. The minimum atomic E-state index is -0.580. The Morgan fingerprint density at radius 3 is 2.47 bits per heavy atom. The fourth-order valence-corrected chi connectivity index (χ4v) is 5.54. The third kappa shape index (κ3) is 8.09. The molecule has 0 radical (unpaired) electrons. The molecule has 1 aromatic heterocycles. The zero-order valence-electron chi connectivity index (χ0n) is 20.4. The van der Waals surface area contributed by atoms with Gasteiger partial charge in [-0.2, -0.15) is 0 Å². The molecule has 204 valence electrons. The molecule has 0 fully saturated rings. The molecule has 0 atom stereocenters. The number of amides is 1. The molecule has 1 N–H and O–H groups in total. The molecule has 0 saturated carbocycles. The number of methoxy groups -OCH3 is 1. The van der Waals surface area contributed by atoms with Crippen LogP contribution in [-0.2, 0) is 27.4 Å². The summed E-state index contributed by atoms with van der Waals surface area (Å²) in [5, 5.41) is 3.80. The highest BCUT2D eigenvalue weighted by Crippen LogP contribution is 2.33. The monoisotopic (exact) mass is 620 g/mol. The van der Waals surface area contributed by atoms with E-state index in [1.807, 2.05) is 0 Å². The second-order valence-corrected chi connectivity index (χ2v) is 11.0. The number of halogens is 4. The first-order valence-corrected chi connectivity index (χ1v) is 14.4. The van der Waals surface area contributed by atoms with Crippen LogP contribution in [0.25, 0.3) is 0 Å². The van der Waals surface area contributed by atoms with Crippen molar-refractivity contribution in [1.82, 2.24) is 9.36 Å². The molecule has 14 heteroatoms. The predicted molar refractivity (Wildman–Crippen MR) is 151 cm³/mol. The summed E-state index contributed by atoms with van der Waals surface area (Å²) in [6.07, 6.45) is 2.34. The Kier molecular flexibility index (Phi) is 11.3. The number of carbonyl (C=O) groups excluding carboxylic acids is 2. The molecule has 0 spiro atoms. The summed E-state index contributed by atoms with van der Waals surface area (Å²) >= 11 is 19.6. The number of carbonyl (C=O) groups is 2. The number of thioether (sulfide) groups is 1. The molecular formula is C24H24Cl3FN4O4S2. The van der Waals surface area contributed by atoms with Gasteiger partial charge in [-0.3, -0.25) is 19.1 Å². The molecule has 1 aliphatic rings. The highest BCUT2D eigenvalue weighted by Gasteiger charge is 2.15. The second kappa shape index (κ2) is 14.2. The van der Waals surface area contributed by atoms with Gasteiger partial charge in [-0.15, -0.1) is 11.8 Å². The average Bonchev–Trinajstić information content (AvgIpc) is 3.22. The van der Waals surface area contributed by atoms with Crippen molar-refractivity contribution in [3.63, 3.8) is 0 Å².